The molecule has 3 heterocycles. The van der Waals surface area contributed by atoms with Crippen molar-refractivity contribution in [2.45, 2.75) is 26.2 Å². The summed E-state index contributed by atoms with van der Waals surface area (Å²) in [5.74, 6) is -0.144. The number of para-hydroxylation sites is 1. The van der Waals surface area contributed by atoms with Gasteiger partial charge in [-0.1, -0.05) is 32.0 Å². The number of nitriles is 1. The maximum Gasteiger partial charge on any atom is 0.258 e. The number of aromatic nitrogens is 2. The first-order valence-corrected chi connectivity index (χ1v) is 10.2. The van der Waals surface area contributed by atoms with Gasteiger partial charge in [0, 0.05) is 24.6 Å². The molecule has 2 aliphatic heterocycles. The number of aromatic amines is 1. The molecule has 2 aromatic rings. The summed E-state index contributed by atoms with van der Waals surface area (Å²) in [6.45, 7) is 5.93. The number of anilines is 2. The van der Waals surface area contributed by atoms with Gasteiger partial charge in [0.15, 0.2) is 0 Å². The van der Waals surface area contributed by atoms with Crippen LogP contribution in [0.5, 0.6) is 5.75 Å². The van der Waals surface area contributed by atoms with E-state index >= 15 is 0 Å². The number of ether oxygens (including phenoxy) is 1. The highest BCUT2D eigenvalue weighted by Gasteiger charge is 2.41. The highest BCUT2D eigenvalue weighted by molar-refractivity contribution is 5.98. The van der Waals surface area contributed by atoms with Crippen molar-refractivity contribution < 1.29 is 9.53 Å². The molecular formula is C22H25N5O3. The average molecular weight is 407 g/mol. The van der Waals surface area contributed by atoms with Crippen LogP contribution in [0.25, 0.3) is 0 Å². The van der Waals surface area contributed by atoms with E-state index in [9.17, 15) is 14.9 Å². The van der Waals surface area contributed by atoms with Crippen LogP contribution in [0, 0.1) is 29.1 Å². The lowest BCUT2D eigenvalue weighted by atomic mass is 9.79. The summed E-state index contributed by atoms with van der Waals surface area (Å²) in [4.78, 5) is 35.5. The molecule has 4 unspecified atom stereocenters. The van der Waals surface area contributed by atoms with Gasteiger partial charge in [0.2, 0.25) is 11.9 Å². The van der Waals surface area contributed by atoms with Crippen LogP contribution in [-0.2, 0) is 4.79 Å². The number of rotatable bonds is 3. The number of hydrogen-bond acceptors (Lipinski definition) is 6. The first kappa shape index (κ1) is 20.0. The third kappa shape index (κ3) is 3.41. The second-order valence-corrected chi connectivity index (χ2v) is 8.32. The number of nitrogens with zero attached hydrogens (tertiary/aromatic N) is 3. The number of piperidine rings is 1. The van der Waals surface area contributed by atoms with Crippen molar-refractivity contribution in [1.82, 2.24) is 9.97 Å². The summed E-state index contributed by atoms with van der Waals surface area (Å²) in [6, 6.07) is 9.18. The number of hydrogen-bond donors (Lipinski definition) is 2. The molecule has 8 heteroatoms. The van der Waals surface area contributed by atoms with E-state index in [0.29, 0.717) is 29.1 Å². The number of fused-ring (bicyclic) bond motifs is 1. The molecule has 1 saturated heterocycles. The lowest BCUT2D eigenvalue weighted by molar-refractivity contribution is -0.119. The minimum Gasteiger partial charge on any atom is -0.496 e. The van der Waals surface area contributed by atoms with E-state index in [1.165, 1.54) is 7.11 Å². The molecule has 1 amide bonds. The summed E-state index contributed by atoms with van der Waals surface area (Å²) in [6.07, 6.45) is 1.13. The fourth-order valence-electron chi connectivity index (χ4n) is 4.74. The maximum absolute atomic E-state index is 13.2. The van der Waals surface area contributed by atoms with Crippen LogP contribution in [-0.4, -0.2) is 36.1 Å². The van der Waals surface area contributed by atoms with Gasteiger partial charge in [0.1, 0.15) is 17.5 Å². The molecule has 2 aliphatic rings. The lowest BCUT2D eigenvalue weighted by Gasteiger charge is -2.36. The van der Waals surface area contributed by atoms with E-state index in [0.717, 1.165) is 19.5 Å². The molecule has 4 atom stereocenters. The first-order chi connectivity index (χ1) is 14.4. The molecule has 4 rings (SSSR count). The standard InChI is InChI=1S/C22H25N5O3/c1-12-8-13(2)11-27(10-12)22-25-19-18(21(29)26-22)17(15(9-23)20(28)24-19)14-6-4-5-7-16(14)30-3/h4-7,12-13,15,17H,8,10-11H2,1-3H3,(H2,24,25,26,28,29). The van der Waals surface area contributed by atoms with Crippen molar-refractivity contribution in [2.75, 3.05) is 30.4 Å². The zero-order valence-corrected chi connectivity index (χ0v) is 17.3. The van der Waals surface area contributed by atoms with Crippen molar-refractivity contribution in [2.24, 2.45) is 17.8 Å². The Morgan fingerprint density at radius 2 is 1.90 bits per heavy atom. The van der Waals surface area contributed by atoms with Crippen LogP contribution in [0.1, 0.15) is 37.3 Å². The molecule has 0 bridgehead atoms. The van der Waals surface area contributed by atoms with Gasteiger partial charge >= 0.3 is 0 Å². The Morgan fingerprint density at radius 3 is 2.57 bits per heavy atom. The van der Waals surface area contributed by atoms with Gasteiger partial charge in [-0.05, 0) is 24.3 Å². The summed E-state index contributed by atoms with van der Waals surface area (Å²) < 4.78 is 5.44. The van der Waals surface area contributed by atoms with Gasteiger partial charge < -0.3 is 15.0 Å². The third-order valence-corrected chi connectivity index (χ3v) is 5.89. The van der Waals surface area contributed by atoms with Gasteiger partial charge in [-0.25, -0.2) is 0 Å². The Hall–Kier alpha value is -3.34. The Bertz CT molecular complexity index is 1060. The zero-order chi connectivity index (χ0) is 21.4. The topological polar surface area (TPSA) is 111 Å². The number of benzene rings is 1. The normalized spacial score (nSPS) is 25.8. The molecule has 1 aromatic heterocycles. The summed E-state index contributed by atoms with van der Waals surface area (Å²) in [5.41, 5.74) is 0.549. The molecule has 2 N–H and O–H groups in total. The fraction of sp³-hybridized carbons (Fsp3) is 0.455. The Kier molecular flexibility index (Phi) is 5.20. The van der Waals surface area contributed by atoms with E-state index in [2.05, 4.69) is 40.1 Å². The largest absolute Gasteiger partial charge is 0.496 e. The van der Waals surface area contributed by atoms with Crippen molar-refractivity contribution in [3.8, 4) is 11.8 Å². The molecule has 156 valence electrons. The van der Waals surface area contributed by atoms with Crippen LogP contribution < -0.4 is 20.5 Å². The molecule has 0 spiro atoms. The van der Waals surface area contributed by atoms with Crippen LogP contribution in [0.4, 0.5) is 11.8 Å². The highest BCUT2D eigenvalue weighted by atomic mass is 16.5. The number of amides is 1. The minimum atomic E-state index is -1.06. The number of methoxy groups -OCH3 is 1. The second-order valence-electron chi connectivity index (χ2n) is 8.32. The van der Waals surface area contributed by atoms with E-state index in [1.54, 1.807) is 24.3 Å². The summed E-state index contributed by atoms with van der Waals surface area (Å²) >= 11 is 0. The van der Waals surface area contributed by atoms with E-state index in [1.807, 2.05) is 0 Å². The molecule has 1 fully saturated rings. The SMILES string of the molecule is COc1ccccc1C1c2c(nc(N3CC(C)CC(C)C3)[nH]c2=O)NC(=O)C1C#N. The predicted octanol–water partition coefficient (Wildman–Crippen LogP) is 2.48. The number of nitrogens with one attached hydrogen (secondary N) is 2. The smallest absolute Gasteiger partial charge is 0.258 e. The Labute approximate surface area is 174 Å². The Balaban J connectivity index is 1.85. The van der Waals surface area contributed by atoms with Crippen LogP contribution in [0.15, 0.2) is 29.1 Å². The van der Waals surface area contributed by atoms with Crippen molar-refractivity contribution in [3.63, 3.8) is 0 Å². The van der Waals surface area contributed by atoms with E-state index in [4.69, 9.17) is 4.74 Å². The molecule has 30 heavy (non-hydrogen) atoms. The van der Waals surface area contributed by atoms with Gasteiger partial charge in [0.25, 0.3) is 5.56 Å². The van der Waals surface area contributed by atoms with E-state index in [-0.39, 0.29) is 16.9 Å². The second kappa shape index (κ2) is 7.82. The number of carbonyl (C=O) groups excluding carboxylic acids is 1. The Morgan fingerprint density at radius 1 is 1.20 bits per heavy atom. The molecule has 0 saturated carbocycles. The van der Waals surface area contributed by atoms with Crippen molar-refractivity contribution >= 4 is 17.7 Å². The van der Waals surface area contributed by atoms with Crippen molar-refractivity contribution in [3.05, 3.63) is 45.7 Å². The highest BCUT2D eigenvalue weighted by Crippen LogP contribution is 2.41. The monoisotopic (exact) mass is 407 g/mol. The van der Waals surface area contributed by atoms with Crippen molar-refractivity contribution in [1.29, 1.82) is 5.26 Å². The van der Waals surface area contributed by atoms with Gasteiger partial charge in [-0.2, -0.15) is 10.2 Å². The van der Waals surface area contributed by atoms with Gasteiger partial charge in [0.05, 0.1) is 18.7 Å². The minimum absolute atomic E-state index is 0.215. The fourth-order valence-corrected chi connectivity index (χ4v) is 4.74. The van der Waals surface area contributed by atoms with Gasteiger partial charge in [-0.3, -0.25) is 14.6 Å². The summed E-state index contributed by atoms with van der Waals surface area (Å²) in [5, 5.41) is 12.4. The predicted molar refractivity (Wildman–Crippen MR) is 113 cm³/mol. The first-order valence-electron chi connectivity index (χ1n) is 10.2. The summed E-state index contributed by atoms with van der Waals surface area (Å²) in [7, 11) is 1.52. The molecule has 0 aliphatic carbocycles. The number of H-pyrrole nitrogens is 1. The van der Waals surface area contributed by atoms with Crippen LogP contribution in [0.3, 0.4) is 0 Å². The third-order valence-electron chi connectivity index (χ3n) is 5.89. The maximum atomic E-state index is 13.2. The zero-order valence-electron chi connectivity index (χ0n) is 17.3. The quantitative estimate of drug-likeness (QED) is 0.809. The molecular weight excluding hydrogens is 382 g/mol. The number of carbonyl (C=O) groups is 1. The van der Waals surface area contributed by atoms with E-state index < -0.39 is 17.7 Å². The average Bonchev–Trinajstić information content (AvgIpc) is 2.71. The lowest BCUT2D eigenvalue weighted by Crippen LogP contribution is -2.43. The molecule has 0 radical (unpaired) electrons. The van der Waals surface area contributed by atoms with Crippen LogP contribution >= 0.6 is 0 Å². The van der Waals surface area contributed by atoms with Gasteiger partial charge in [-0.15, -0.1) is 0 Å². The van der Waals surface area contributed by atoms with Crippen LogP contribution in [0.2, 0.25) is 0 Å². The molecule has 1 aromatic carbocycles. The molecule has 8 nitrogen and oxygen atoms in total.